The number of hydrogen-bond acceptors (Lipinski definition) is 5. The lowest BCUT2D eigenvalue weighted by Crippen LogP contribution is -2.22. The van der Waals surface area contributed by atoms with Crippen LogP contribution in [0.4, 0.5) is 0 Å². The summed E-state index contributed by atoms with van der Waals surface area (Å²) in [6.45, 7) is 1.45. The number of carboxylic acids is 1. The molecule has 2 rings (SSSR count). The highest BCUT2D eigenvalue weighted by atomic mass is 16.5. The molecule has 1 aromatic carbocycles. The second-order valence-electron chi connectivity index (χ2n) is 4.58. The van der Waals surface area contributed by atoms with Crippen LogP contribution in [0.1, 0.15) is 23.0 Å². The number of ether oxygens (including phenoxy) is 1. The fraction of sp³-hybridized carbons (Fsp3) is 0.125. The van der Waals surface area contributed by atoms with Gasteiger partial charge in [-0.2, -0.15) is 5.10 Å². The molecule has 2 aromatic rings. The number of hydrogen-bond donors (Lipinski definition) is 2. The highest BCUT2D eigenvalue weighted by molar-refractivity contribution is 5.93. The Morgan fingerprint density at radius 2 is 2.00 bits per heavy atom. The monoisotopic (exact) mass is 313 g/mol. The molecule has 0 saturated carbocycles. The molecule has 7 heteroatoms. The number of nitrogens with zero attached hydrogens (tertiary/aromatic N) is 2. The van der Waals surface area contributed by atoms with Crippen molar-refractivity contribution >= 4 is 18.1 Å². The quantitative estimate of drug-likeness (QED) is 0.624. The van der Waals surface area contributed by atoms with Crippen molar-refractivity contribution in [2.45, 2.75) is 13.0 Å². The maximum atomic E-state index is 11.7. The summed E-state index contributed by atoms with van der Waals surface area (Å²) in [5, 5.41) is 12.6. The highest BCUT2D eigenvalue weighted by Crippen LogP contribution is 2.13. The van der Waals surface area contributed by atoms with Crippen molar-refractivity contribution < 1.29 is 19.4 Å². The minimum Gasteiger partial charge on any atom is -0.479 e. The van der Waals surface area contributed by atoms with Gasteiger partial charge in [-0.05, 0) is 48.9 Å². The first-order valence-corrected chi connectivity index (χ1v) is 6.80. The van der Waals surface area contributed by atoms with Gasteiger partial charge in [-0.25, -0.2) is 10.2 Å². The van der Waals surface area contributed by atoms with E-state index < -0.39 is 18.0 Å². The Bertz CT molecular complexity index is 699. The van der Waals surface area contributed by atoms with E-state index in [0.29, 0.717) is 5.75 Å². The van der Waals surface area contributed by atoms with E-state index in [9.17, 15) is 9.59 Å². The lowest BCUT2D eigenvalue weighted by molar-refractivity contribution is -0.144. The van der Waals surface area contributed by atoms with Gasteiger partial charge in [-0.3, -0.25) is 9.78 Å². The van der Waals surface area contributed by atoms with Crippen LogP contribution >= 0.6 is 0 Å². The topological polar surface area (TPSA) is 101 Å². The van der Waals surface area contributed by atoms with Crippen LogP contribution < -0.4 is 10.2 Å². The Morgan fingerprint density at radius 3 is 2.61 bits per heavy atom. The normalized spacial score (nSPS) is 11.9. The van der Waals surface area contributed by atoms with E-state index >= 15 is 0 Å². The Hall–Kier alpha value is -3.22. The van der Waals surface area contributed by atoms with E-state index in [0.717, 1.165) is 5.56 Å². The van der Waals surface area contributed by atoms with Crippen LogP contribution in [0.25, 0.3) is 0 Å². The van der Waals surface area contributed by atoms with Gasteiger partial charge in [-0.15, -0.1) is 0 Å². The lowest BCUT2D eigenvalue weighted by Gasteiger charge is -2.09. The van der Waals surface area contributed by atoms with Gasteiger partial charge in [0.05, 0.1) is 6.21 Å². The van der Waals surface area contributed by atoms with Crippen LogP contribution in [-0.2, 0) is 4.79 Å². The molecule has 0 unspecified atom stereocenters. The number of rotatable bonds is 6. The third-order valence-corrected chi connectivity index (χ3v) is 2.82. The van der Waals surface area contributed by atoms with Crippen LogP contribution in [0.5, 0.6) is 5.75 Å². The van der Waals surface area contributed by atoms with E-state index in [4.69, 9.17) is 9.84 Å². The molecule has 1 amide bonds. The molecular weight excluding hydrogens is 298 g/mol. The van der Waals surface area contributed by atoms with Crippen LogP contribution in [0, 0.1) is 0 Å². The molecular formula is C16H15N3O4. The average molecular weight is 313 g/mol. The molecule has 0 aliphatic carbocycles. The molecule has 1 heterocycles. The van der Waals surface area contributed by atoms with Gasteiger partial charge in [0, 0.05) is 6.20 Å². The van der Waals surface area contributed by atoms with E-state index in [2.05, 4.69) is 15.5 Å². The number of carboxylic acid groups (broad SMARTS) is 1. The number of aliphatic carboxylic acids is 1. The maximum Gasteiger partial charge on any atom is 0.344 e. The molecule has 0 spiro atoms. The average Bonchev–Trinajstić information content (AvgIpc) is 2.57. The summed E-state index contributed by atoms with van der Waals surface area (Å²) in [6, 6.07) is 11.7. The fourth-order valence-electron chi connectivity index (χ4n) is 1.61. The summed E-state index contributed by atoms with van der Waals surface area (Å²) >= 11 is 0. The van der Waals surface area contributed by atoms with Gasteiger partial charge < -0.3 is 9.84 Å². The van der Waals surface area contributed by atoms with Crippen LogP contribution in [-0.4, -0.2) is 34.3 Å². The van der Waals surface area contributed by atoms with Crippen molar-refractivity contribution in [3.63, 3.8) is 0 Å². The largest absolute Gasteiger partial charge is 0.479 e. The first-order valence-electron chi connectivity index (χ1n) is 6.80. The van der Waals surface area contributed by atoms with Gasteiger partial charge >= 0.3 is 5.97 Å². The molecule has 0 aliphatic rings. The predicted molar refractivity (Wildman–Crippen MR) is 83.5 cm³/mol. The Morgan fingerprint density at radius 1 is 1.26 bits per heavy atom. The minimum absolute atomic E-state index is 0.274. The van der Waals surface area contributed by atoms with Gasteiger partial charge in [-0.1, -0.05) is 6.07 Å². The van der Waals surface area contributed by atoms with Crippen molar-refractivity contribution in [2.24, 2.45) is 5.10 Å². The first-order chi connectivity index (χ1) is 11.1. The Kier molecular flexibility index (Phi) is 5.40. The highest BCUT2D eigenvalue weighted by Gasteiger charge is 2.11. The number of carbonyl (C=O) groups is 2. The number of hydrazone groups is 1. The molecule has 1 aromatic heterocycles. The fourth-order valence-corrected chi connectivity index (χ4v) is 1.61. The summed E-state index contributed by atoms with van der Waals surface area (Å²) in [5.41, 5.74) is 3.37. The smallest absolute Gasteiger partial charge is 0.344 e. The zero-order valence-electron chi connectivity index (χ0n) is 12.3. The molecule has 0 aliphatic heterocycles. The zero-order valence-corrected chi connectivity index (χ0v) is 12.3. The lowest BCUT2D eigenvalue weighted by atomic mass is 10.2. The SMILES string of the molecule is C[C@H](Oc1ccc(/C=N\NC(=O)c2ccccn2)cc1)C(=O)O. The number of benzene rings is 1. The third-order valence-electron chi connectivity index (χ3n) is 2.82. The number of nitrogens with one attached hydrogen (secondary N) is 1. The van der Waals surface area contributed by atoms with Gasteiger partial charge in [0.1, 0.15) is 11.4 Å². The van der Waals surface area contributed by atoms with Crippen molar-refractivity contribution in [3.05, 3.63) is 59.9 Å². The van der Waals surface area contributed by atoms with E-state index in [-0.39, 0.29) is 5.69 Å². The van der Waals surface area contributed by atoms with E-state index in [1.165, 1.54) is 19.3 Å². The van der Waals surface area contributed by atoms with Crippen molar-refractivity contribution in [1.82, 2.24) is 10.4 Å². The van der Waals surface area contributed by atoms with E-state index in [1.807, 2.05) is 0 Å². The molecule has 2 N–H and O–H groups in total. The van der Waals surface area contributed by atoms with Gasteiger partial charge in [0.2, 0.25) is 0 Å². The summed E-state index contributed by atoms with van der Waals surface area (Å²) in [5.74, 6) is -1.00. The standard InChI is InChI=1S/C16H15N3O4/c1-11(16(21)22)23-13-7-5-12(6-8-13)10-18-19-15(20)14-4-2-3-9-17-14/h2-11H,1H3,(H,19,20)(H,21,22)/b18-10-/t11-/m0/s1. The summed E-state index contributed by atoms with van der Waals surface area (Å²) in [4.78, 5) is 26.3. The molecule has 0 fully saturated rings. The summed E-state index contributed by atoms with van der Waals surface area (Å²) in [6.07, 6.45) is 2.06. The Labute approximate surface area is 132 Å². The second-order valence-corrected chi connectivity index (χ2v) is 4.58. The molecule has 0 saturated heterocycles. The van der Waals surface area contributed by atoms with Crippen LogP contribution in [0.2, 0.25) is 0 Å². The third kappa shape index (κ3) is 4.92. The first kappa shape index (κ1) is 16.2. The van der Waals surface area contributed by atoms with E-state index in [1.54, 1.807) is 42.5 Å². The van der Waals surface area contributed by atoms with Crippen molar-refractivity contribution in [1.29, 1.82) is 0 Å². The number of carbonyl (C=O) groups excluding carboxylic acids is 1. The van der Waals surface area contributed by atoms with Crippen molar-refractivity contribution in [3.8, 4) is 5.75 Å². The van der Waals surface area contributed by atoms with Gasteiger partial charge in [0.15, 0.2) is 6.10 Å². The molecule has 1 atom stereocenters. The minimum atomic E-state index is -1.03. The summed E-state index contributed by atoms with van der Waals surface area (Å²) in [7, 11) is 0. The maximum absolute atomic E-state index is 11.7. The molecule has 7 nitrogen and oxygen atoms in total. The second kappa shape index (κ2) is 7.69. The van der Waals surface area contributed by atoms with Crippen LogP contribution in [0.15, 0.2) is 53.8 Å². The molecule has 0 bridgehead atoms. The zero-order chi connectivity index (χ0) is 16.7. The van der Waals surface area contributed by atoms with Crippen LogP contribution in [0.3, 0.4) is 0 Å². The molecule has 118 valence electrons. The number of pyridine rings is 1. The number of amides is 1. The summed E-state index contributed by atoms with van der Waals surface area (Å²) < 4.78 is 5.21. The van der Waals surface area contributed by atoms with Crippen molar-refractivity contribution in [2.75, 3.05) is 0 Å². The molecule has 0 radical (unpaired) electrons. The number of aromatic nitrogens is 1. The Balaban J connectivity index is 1.90. The molecule has 23 heavy (non-hydrogen) atoms. The van der Waals surface area contributed by atoms with Gasteiger partial charge in [0.25, 0.3) is 5.91 Å². The predicted octanol–water partition coefficient (Wildman–Crippen LogP) is 1.70.